The van der Waals surface area contributed by atoms with Crippen LogP contribution in [0, 0.1) is 19.8 Å². The maximum absolute atomic E-state index is 12.8. The van der Waals surface area contributed by atoms with E-state index in [2.05, 4.69) is 30.2 Å². The van der Waals surface area contributed by atoms with E-state index in [0.29, 0.717) is 19.0 Å². The maximum atomic E-state index is 12.8. The number of nitrogens with zero attached hydrogens (tertiary/aromatic N) is 2. The highest BCUT2D eigenvalue weighted by Crippen LogP contribution is 2.33. The van der Waals surface area contributed by atoms with Gasteiger partial charge in [0.25, 0.3) is 0 Å². The Kier molecular flexibility index (Phi) is 6.75. The zero-order valence-electron chi connectivity index (χ0n) is 18.5. The molecule has 0 aliphatic carbocycles. The zero-order valence-corrected chi connectivity index (χ0v) is 18.5. The van der Waals surface area contributed by atoms with E-state index in [1.54, 1.807) is 18.2 Å². The van der Waals surface area contributed by atoms with Crippen molar-refractivity contribution in [2.24, 2.45) is 5.92 Å². The first-order chi connectivity index (χ1) is 14.4. The number of ether oxygens (including phenoxy) is 1. The molecule has 6 nitrogen and oxygen atoms in total. The van der Waals surface area contributed by atoms with E-state index in [1.165, 1.54) is 0 Å². The van der Waals surface area contributed by atoms with Crippen molar-refractivity contribution < 1.29 is 14.3 Å². The van der Waals surface area contributed by atoms with Crippen LogP contribution in [0.3, 0.4) is 0 Å². The van der Waals surface area contributed by atoms with Gasteiger partial charge in [0.05, 0.1) is 25.3 Å². The Balaban J connectivity index is 1.70. The number of carbonyl (C=O) groups is 2. The lowest BCUT2D eigenvalue weighted by molar-refractivity contribution is -0.126. The summed E-state index contributed by atoms with van der Waals surface area (Å²) in [6.45, 7) is 8.90. The third kappa shape index (κ3) is 4.32. The summed E-state index contributed by atoms with van der Waals surface area (Å²) in [4.78, 5) is 31.7. The molecule has 2 heterocycles. The Bertz CT molecular complexity index is 941. The van der Waals surface area contributed by atoms with E-state index in [4.69, 9.17) is 4.74 Å². The number of amides is 2. The molecule has 1 aromatic carbocycles. The lowest BCUT2D eigenvalue weighted by Gasteiger charge is -2.23. The Labute approximate surface area is 178 Å². The highest BCUT2D eigenvalue weighted by atomic mass is 16.5. The van der Waals surface area contributed by atoms with Gasteiger partial charge in [-0.05, 0) is 37.8 Å². The summed E-state index contributed by atoms with van der Waals surface area (Å²) in [7, 11) is 1.63. The second kappa shape index (κ2) is 9.28. The molecule has 1 aliphatic rings. The fourth-order valence-corrected chi connectivity index (χ4v) is 4.05. The van der Waals surface area contributed by atoms with Gasteiger partial charge in [-0.2, -0.15) is 0 Å². The van der Waals surface area contributed by atoms with Crippen LogP contribution in [0.1, 0.15) is 55.0 Å². The van der Waals surface area contributed by atoms with Crippen LogP contribution in [0.25, 0.3) is 0 Å². The fourth-order valence-electron chi connectivity index (χ4n) is 4.05. The molecule has 2 amide bonds. The molecule has 2 atom stereocenters. The van der Waals surface area contributed by atoms with E-state index >= 15 is 0 Å². The van der Waals surface area contributed by atoms with E-state index in [0.717, 1.165) is 40.2 Å². The second-order valence-corrected chi connectivity index (χ2v) is 8.04. The monoisotopic (exact) mass is 409 g/mol. The van der Waals surface area contributed by atoms with Gasteiger partial charge in [-0.25, -0.2) is 0 Å². The molecule has 0 spiro atoms. The highest BCUT2D eigenvalue weighted by Gasteiger charge is 2.36. The molecule has 1 aliphatic heterocycles. The molecule has 2 unspecified atom stereocenters. The number of methoxy groups -OCH3 is 1. The van der Waals surface area contributed by atoms with Gasteiger partial charge >= 0.3 is 0 Å². The standard InChI is InChI=1S/C24H31N3O3/c1-6-15(2)19-9-7-8-10-21(19)27-14-18(11-22(27)28)24(29)26-13-20-17(4)23(30-5)16(3)12-25-20/h7-10,12,15,18H,6,11,13-14H2,1-5H3,(H,26,29). The van der Waals surface area contributed by atoms with Gasteiger partial charge in [0.2, 0.25) is 11.8 Å². The molecule has 3 rings (SSSR count). The fraction of sp³-hybridized carbons (Fsp3) is 0.458. The molecular weight excluding hydrogens is 378 g/mol. The summed E-state index contributed by atoms with van der Waals surface area (Å²) in [5.74, 6) is 0.658. The van der Waals surface area contributed by atoms with Crippen LogP contribution in [-0.2, 0) is 16.1 Å². The van der Waals surface area contributed by atoms with Crippen LogP contribution >= 0.6 is 0 Å². The molecule has 1 aromatic heterocycles. The lowest BCUT2D eigenvalue weighted by Crippen LogP contribution is -2.33. The molecule has 160 valence electrons. The summed E-state index contributed by atoms with van der Waals surface area (Å²) in [6, 6.07) is 8.00. The summed E-state index contributed by atoms with van der Waals surface area (Å²) in [6.07, 6.45) is 2.97. The van der Waals surface area contributed by atoms with Gasteiger partial charge in [0.15, 0.2) is 0 Å². The van der Waals surface area contributed by atoms with Crippen molar-refractivity contribution in [2.45, 2.75) is 53.0 Å². The third-order valence-corrected chi connectivity index (χ3v) is 6.05. The van der Waals surface area contributed by atoms with Crippen molar-refractivity contribution in [2.75, 3.05) is 18.6 Å². The number of benzene rings is 1. The van der Waals surface area contributed by atoms with Gasteiger partial charge in [0, 0.05) is 36.0 Å². The summed E-state index contributed by atoms with van der Waals surface area (Å²) < 4.78 is 5.44. The van der Waals surface area contributed by atoms with Crippen molar-refractivity contribution in [3.63, 3.8) is 0 Å². The SMILES string of the molecule is CCC(C)c1ccccc1N1CC(C(=O)NCc2ncc(C)c(OC)c2C)CC1=O. The summed E-state index contributed by atoms with van der Waals surface area (Å²) in [5.41, 5.74) is 4.73. The summed E-state index contributed by atoms with van der Waals surface area (Å²) in [5, 5.41) is 2.96. The molecule has 0 bridgehead atoms. The van der Waals surface area contributed by atoms with Gasteiger partial charge in [0.1, 0.15) is 5.75 Å². The first kappa shape index (κ1) is 21.8. The van der Waals surface area contributed by atoms with E-state index < -0.39 is 0 Å². The van der Waals surface area contributed by atoms with Crippen molar-refractivity contribution in [3.05, 3.63) is 52.8 Å². The largest absolute Gasteiger partial charge is 0.496 e. The second-order valence-electron chi connectivity index (χ2n) is 8.04. The zero-order chi connectivity index (χ0) is 21.8. The Morgan fingerprint density at radius 3 is 2.77 bits per heavy atom. The van der Waals surface area contributed by atoms with Crippen molar-refractivity contribution >= 4 is 17.5 Å². The molecule has 1 saturated heterocycles. The number of rotatable bonds is 7. The Morgan fingerprint density at radius 1 is 1.33 bits per heavy atom. The normalized spacial score (nSPS) is 17.2. The molecule has 2 aromatic rings. The van der Waals surface area contributed by atoms with Gasteiger partial charge in [-0.3, -0.25) is 14.6 Å². The van der Waals surface area contributed by atoms with Crippen LogP contribution in [-0.4, -0.2) is 30.5 Å². The number of nitrogens with one attached hydrogen (secondary N) is 1. The molecule has 6 heteroatoms. The van der Waals surface area contributed by atoms with Gasteiger partial charge in [-0.1, -0.05) is 32.0 Å². The van der Waals surface area contributed by atoms with Crippen molar-refractivity contribution in [1.29, 1.82) is 0 Å². The Morgan fingerprint density at radius 2 is 2.07 bits per heavy atom. The van der Waals surface area contributed by atoms with E-state index in [-0.39, 0.29) is 24.2 Å². The topological polar surface area (TPSA) is 71.5 Å². The predicted molar refractivity (Wildman–Crippen MR) is 118 cm³/mol. The first-order valence-corrected chi connectivity index (χ1v) is 10.5. The first-order valence-electron chi connectivity index (χ1n) is 10.5. The molecule has 1 fully saturated rings. The van der Waals surface area contributed by atoms with Crippen LogP contribution < -0.4 is 15.0 Å². The van der Waals surface area contributed by atoms with Gasteiger partial charge in [-0.15, -0.1) is 0 Å². The van der Waals surface area contributed by atoms with Crippen LogP contribution in [0.4, 0.5) is 5.69 Å². The maximum Gasteiger partial charge on any atom is 0.227 e. The number of carbonyl (C=O) groups excluding carboxylic acids is 2. The highest BCUT2D eigenvalue weighted by molar-refractivity contribution is 6.00. The smallest absolute Gasteiger partial charge is 0.227 e. The lowest BCUT2D eigenvalue weighted by atomic mass is 9.96. The Hall–Kier alpha value is -2.89. The average molecular weight is 410 g/mol. The van der Waals surface area contributed by atoms with Crippen LogP contribution in [0.15, 0.2) is 30.5 Å². The molecule has 0 saturated carbocycles. The number of para-hydroxylation sites is 1. The number of aryl methyl sites for hydroxylation is 1. The van der Waals surface area contributed by atoms with Crippen LogP contribution in [0.5, 0.6) is 5.75 Å². The van der Waals surface area contributed by atoms with Gasteiger partial charge < -0.3 is 15.0 Å². The molecule has 1 N–H and O–H groups in total. The minimum absolute atomic E-state index is 0.00258. The van der Waals surface area contributed by atoms with Crippen molar-refractivity contribution in [1.82, 2.24) is 10.3 Å². The minimum atomic E-state index is -0.366. The molecular formula is C24H31N3O3. The third-order valence-electron chi connectivity index (χ3n) is 6.05. The predicted octanol–water partition coefficient (Wildman–Crippen LogP) is 3.89. The van der Waals surface area contributed by atoms with Crippen molar-refractivity contribution in [3.8, 4) is 5.75 Å². The number of hydrogen-bond acceptors (Lipinski definition) is 4. The number of aromatic nitrogens is 1. The number of anilines is 1. The van der Waals surface area contributed by atoms with Crippen LogP contribution in [0.2, 0.25) is 0 Å². The minimum Gasteiger partial charge on any atom is -0.496 e. The summed E-state index contributed by atoms with van der Waals surface area (Å²) >= 11 is 0. The number of hydrogen-bond donors (Lipinski definition) is 1. The number of pyridine rings is 1. The quantitative estimate of drug-likeness (QED) is 0.753. The molecule has 30 heavy (non-hydrogen) atoms. The average Bonchev–Trinajstić information content (AvgIpc) is 3.14. The van der Waals surface area contributed by atoms with E-state index in [1.807, 2.05) is 32.0 Å². The molecule has 0 radical (unpaired) electrons. The van der Waals surface area contributed by atoms with E-state index in [9.17, 15) is 9.59 Å².